The highest BCUT2D eigenvalue weighted by Gasteiger charge is 2.15. The topological polar surface area (TPSA) is 80.9 Å². The van der Waals surface area contributed by atoms with Crippen LogP contribution in [0.1, 0.15) is 11.1 Å². The molecule has 0 atom stereocenters. The molecule has 20 heavy (non-hydrogen) atoms. The van der Waals surface area contributed by atoms with Crippen LogP contribution < -0.4 is 10.9 Å². The first-order valence-corrected chi connectivity index (χ1v) is 6.18. The van der Waals surface area contributed by atoms with Gasteiger partial charge in [-0.3, -0.25) is 0 Å². The highest BCUT2D eigenvalue weighted by atomic mass is 16.4. The van der Waals surface area contributed by atoms with Gasteiger partial charge in [-0.1, -0.05) is 60.7 Å². The molecule has 100 valence electrons. The van der Waals surface area contributed by atoms with Crippen molar-refractivity contribution in [2.75, 3.05) is 0 Å². The molecule has 0 aliphatic carbocycles. The van der Waals surface area contributed by atoms with Gasteiger partial charge in [0.25, 0.3) is 0 Å². The molecule has 0 heterocycles. The van der Waals surface area contributed by atoms with Gasteiger partial charge in [0, 0.05) is 0 Å². The summed E-state index contributed by atoms with van der Waals surface area (Å²) in [6, 6.07) is 13.8. The van der Waals surface area contributed by atoms with Gasteiger partial charge in [0.2, 0.25) is 0 Å². The Labute approximate surface area is 117 Å². The van der Waals surface area contributed by atoms with E-state index in [0.29, 0.717) is 22.1 Å². The van der Waals surface area contributed by atoms with Gasteiger partial charge < -0.3 is 20.1 Å². The molecular weight excluding hydrogens is 254 g/mol. The Bertz CT molecular complexity index is 558. The average molecular weight is 268 g/mol. The highest BCUT2D eigenvalue weighted by Crippen LogP contribution is 2.06. The monoisotopic (exact) mass is 268 g/mol. The summed E-state index contributed by atoms with van der Waals surface area (Å²) in [5, 5.41) is 37.1. The second-order valence-corrected chi connectivity index (χ2v) is 4.34. The second kappa shape index (κ2) is 6.54. The van der Waals surface area contributed by atoms with Crippen molar-refractivity contribution in [3.63, 3.8) is 0 Å². The Morgan fingerprint density at radius 3 is 1.30 bits per heavy atom. The summed E-state index contributed by atoms with van der Waals surface area (Å²) < 4.78 is 0. The molecule has 0 bridgehead atoms. The van der Waals surface area contributed by atoms with Crippen molar-refractivity contribution >= 4 is 37.3 Å². The molecule has 0 aliphatic heterocycles. The third-order valence-electron chi connectivity index (χ3n) is 2.99. The summed E-state index contributed by atoms with van der Waals surface area (Å²) in [5.41, 5.74) is 2.10. The molecule has 2 aromatic rings. The van der Waals surface area contributed by atoms with Gasteiger partial charge in [-0.25, -0.2) is 0 Å². The van der Waals surface area contributed by atoms with E-state index in [-0.39, 0.29) is 0 Å². The fraction of sp³-hybridized carbons (Fsp3) is 0. The predicted molar refractivity (Wildman–Crippen MR) is 81.5 cm³/mol. The van der Waals surface area contributed by atoms with Crippen LogP contribution in [0.25, 0.3) is 12.2 Å². The predicted octanol–water partition coefficient (Wildman–Crippen LogP) is -0.783. The molecule has 2 rings (SSSR count). The van der Waals surface area contributed by atoms with E-state index in [4.69, 9.17) is 0 Å². The molecule has 2 aromatic carbocycles. The van der Waals surface area contributed by atoms with Crippen molar-refractivity contribution < 1.29 is 20.1 Å². The summed E-state index contributed by atoms with van der Waals surface area (Å²) in [6.07, 6.45) is 3.41. The van der Waals surface area contributed by atoms with Crippen LogP contribution in [-0.2, 0) is 0 Å². The standard InChI is InChI=1S/C14H14B2O4/c17-15(18)13-7-3-1-5-11(13)9-10-12-6-2-4-8-14(12)16(19)20/h1-10,17-20H/b10-9-. The van der Waals surface area contributed by atoms with E-state index in [1.165, 1.54) is 0 Å². The van der Waals surface area contributed by atoms with E-state index < -0.39 is 14.2 Å². The summed E-state index contributed by atoms with van der Waals surface area (Å²) in [4.78, 5) is 0. The first kappa shape index (κ1) is 14.6. The van der Waals surface area contributed by atoms with Crippen molar-refractivity contribution in [3.05, 3.63) is 59.7 Å². The molecular formula is C14H14B2O4. The third-order valence-corrected chi connectivity index (χ3v) is 2.99. The molecule has 0 amide bonds. The van der Waals surface area contributed by atoms with Gasteiger partial charge in [-0.05, 0) is 22.1 Å². The van der Waals surface area contributed by atoms with E-state index in [0.717, 1.165) is 0 Å². The first-order chi connectivity index (χ1) is 9.59. The fourth-order valence-corrected chi connectivity index (χ4v) is 1.98. The minimum atomic E-state index is -1.55. The lowest BCUT2D eigenvalue weighted by Crippen LogP contribution is -2.32. The molecule has 0 unspecified atom stereocenters. The summed E-state index contributed by atoms with van der Waals surface area (Å²) in [6.45, 7) is 0. The van der Waals surface area contributed by atoms with E-state index in [1.54, 1.807) is 60.7 Å². The Morgan fingerprint density at radius 2 is 0.950 bits per heavy atom. The lowest BCUT2D eigenvalue weighted by atomic mass is 9.75. The molecule has 0 aliphatic rings. The zero-order valence-electron chi connectivity index (χ0n) is 10.7. The number of rotatable bonds is 4. The summed E-state index contributed by atoms with van der Waals surface area (Å²) in [7, 11) is -3.09. The molecule has 4 nitrogen and oxygen atoms in total. The molecule has 0 fully saturated rings. The molecule has 0 aromatic heterocycles. The Hall–Kier alpha value is -1.85. The fourth-order valence-electron chi connectivity index (χ4n) is 1.98. The van der Waals surface area contributed by atoms with Gasteiger partial charge in [0.1, 0.15) is 0 Å². The van der Waals surface area contributed by atoms with Crippen LogP contribution in [-0.4, -0.2) is 34.3 Å². The quantitative estimate of drug-likeness (QED) is 0.433. The SMILES string of the molecule is OB(O)c1ccccc1/C=C\c1ccccc1B(O)O. The van der Waals surface area contributed by atoms with Crippen LogP contribution in [0.15, 0.2) is 48.5 Å². The zero-order valence-corrected chi connectivity index (χ0v) is 10.7. The molecule has 0 spiro atoms. The summed E-state index contributed by atoms with van der Waals surface area (Å²) >= 11 is 0. The maximum atomic E-state index is 9.29. The van der Waals surface area contributed by atoms with E-state index in [1.807, 2.05) is 0 Å². The largest absolute Gasteiger partial charge is 0.489 e. The smallest absolute Gasteiger partial charge is 0.423 e. The summed E-state index contributed by atoms with van der Waals surface area (Å²) in [5.74, 6) is 0. The Kier molecular flexibility index (Phi) is 4.76. The molecule has 0 radical (unpaired) electrons. The van der Waals surface area contributed by atoms with Gasteiger partial charge in [0.05, 0.1) is 0 Å². The lowest BCUT2D eigenvalue weighted by molar-refractivity contribution is 0.424. The van der Waals surface area contributed by atoms with Crippen molar-refractivity contribution in [3.8, 4) is 0 Å². The zero-order chi connectivity index (χ0) is 14.5. The Morgan fingerprint density at radius 1 is 0.600 bits per heavy atom. The molecule has 4 N–H and O–H groups in total. The van der Waals surface area contributed by atoms with Crippen molar-refractivity contribution in [2.24, 2.45) is 0 Å². The van der Waals surface area contributed by atoms with Crippen molar-refractivity contribution in [2.45, 2.75) is 0 Å². The molecule has 0 saturated carbocycles. The normalized spacial score (nSPS) is 10.8. The molecule has 6 heteroatoms. The van der Waals surface area contributed by atoms with Crippen LogP contribution >= 0.6 is 0 Å². The van der Waals surface area contributed by atoms with Crippen LogP contribution in [0, 0.1) is 0 Å². The average Bonchev–Trinajstić information content (AvgIpc) is 2.45. The Balaban J connectivity index is 2.35. The third kappa shape index (κ3) is 3.37. The van der Waals surface area contributed by atoms with E-state index in [2.05, 4.69) is 0 Å². The first-order valence-electron chi connectivity index (χ1n) is 6.18. The van der Waals surface area contributed by atoms with Crippen LogP contribution in [0.5, 0.6) is 0 Å². The van der Waals surface area contributed by atoms with Crippen molar-refractivity contribution in [1.29, 1.82) is 0 Å². The second-order valence-electron chi connectivity index (χ2n) is 4.34. The van der Waals surface area contributed by atoms with Gasteiger partial charge in [-0.15, -0.1) is 0 Å². The minimum Gasteiger partial charge on any atom is -0.423 e. The minimum absolute atomic E-state index is 0.394. The number of benzene rings is 2. The van der Waals surface area contributed by atoms with Crippen LogP contribution in [0.3, 0.4) is 0 Å². The highest BCUT2D eigenvalue weighted by molar-refractivity contribution is 6.60. The lowest BCUT2D eigenvalue weighted by Gasteiger charge is -2.06. The maximum absolute atomic E-state index is 9.29. The number of hydrogen-bond acceptors (Lipinski definition) is 4. The van der Waals surface area contributed by atoms with E-state index >= 15 is 0 Å². The molecule has 0 saturated heterocycles. The van der Waals surface area contributed by atoms with Crippen LogP contribution in [0.2, 0.25) is 0 Å². The van der Waals surface area contributed by atoms with Crippen molar-refractivity contribution in [1.82, 2.24) is 0 Å². The number of hydrogen-bond donors (Lipinski definition) is 4. The maximum Gasteiger partial charge on any atom is 0.489 e. The van der Waals surface area contributed by atoms with Crippen LogP contribution in [0.4, 0.5) is 0 Å². The van der Waals surface area contributed by atoms with Gasteiger partial charge in [0.15, 0.2) is 0 Å². The van der Waals surface area contributed by atoms with Gasteiger partial charge in [-0.2, -0.15) is 0 Å². The van der Waals surface area contributed by atoms with Gasteiger partial charge >= 0.3 is 14.2 Å². The van der Waals surface area contributed by atoms with E-state index in [9.17, 15) is 20.1 Å².